The molecule has 0 aliphatic rings. The van der Waals surface area contributed by atoms with Gasteiger partial charge in [0.2, 0.25) is 4.96 Å². The monoisotopic (exact) mass is 327 g/mol. The highest BCUT2D eigenvalue weighted by Gasteiger charge is 2.16. The molecule has 6 nitrogen and oxygen atoms in total. The molecule has 0 bridgehead atoms. The zero-order chi connectivity index (χ0) is 15.6. The molecule has 4 rings (SSSR count). The Kier molecular flexibility index (Phi) is 3.43. The van der Waals surface area contributed by atoms with Crippen LogP contribution in [0.5, 0.6) is 5.75 Å². The van der Waals surface area contributed by atoms with E-state index < -0.39 is 5.82 Å². The molecule has 0 spiro atoms. The zero-order valence-corrected chi connectivity index (χ0v) is 12.6. The molecular formula is C15H10FN5OS. The van der Waals surface area contributed by atoms with Crippen LogP contribution >= 0.6 is 11.3 Å². The van der Waals surface area contributed by atoms with Crippen LogP contribution in [0.2, 0.25) is 0 Å². The van der Waals surface area contributed by atoms with E-state index in [2.05, 4.69) is 20.3 Å². The van der Waals surface area contributed by atoms with E-state index in [4.69, 9.17) is 4.74 Å². The second-order valence-corrected chi connectivity index (χ2v) is 5.71. The molecule has 0 N–H and O–H groups in total. The molecule has 0 saturated heterocycles. The van der Waals surface area contributed by atoms with Crippen molar-refractivity contribution in [2.75, 3.05) is 0 Å². The molecule has 3 heterocycles. The minimum atomic E-state index is -0.461. The Morgan fingerprint density at radius 2 is 2.00 bits per heavy atom. The Morgan fingerprint density at radius 1 is 1.13 bits per heavy atom. The number of halogens is 1. The Morgan fingerprint density at radius 3 is 2.83 bits per heavy atom. The van der Waals surface area contributed by atoms with Crippen molar-refractivity contribution >= 4 is 16.3 Å². The van der Waals surface area contributed by atoms with Gasteiger partial charge in [0.1, 0.15) is 12.4 Å². The Balaban J connectivity index is 1.63. The van der Waals surface area contributed by atoms with Crippen molar-refractivity contribution < 1.29 is 9.13 Å². The van der Waals surface area contributed by atoms with Gasteiger partial charge in [0.25, 0.3) is 0 Å². The van der Waals surface area contributed by atoms with E-state index in [0.717, 1.165) is 17.0 Å². The summed E-state index contributed by atoms with van der Waals surface area (Å²) in [7, 11) is 0. The predicted octanol–water partition coefficient (Wildman–Crippen LogP) is 2.97. The van der Waals surface area contributed by atoms with Crippen molar-refractivity contribution in [3.05, 3.63) is 59.6 Å². The number of fused-ring (bicyclic) bond motifs is 1. The number of para-hydroxylation sites is 1. The fourth-order valence-electron chi connectivity index (χ4n) is 2.10. The fraction of sp³-hybridized carbons (Fsp3) is 0.0667. The molecule has 8 heteroatoms. The molecule has 0 unspecified atom stereocenters. The Hall–Kier alpha value is -2.87. The summed E-state index contributed by atoms with van der Waals surface area (Å²) in [5.41, 5.74) is 0.313. The number of hydrogen-bond donors (Lipinski definition) is 0. The average Bonchev–Trinajstić information content (AvgIpc) is 3.15. The Labute approximate surface area is 134 Å². The maximum atomic E-state index is 13.9. The third-order valence-electron chi connectivity index (χ3n) is 3.15. The molecule has 0 radical (unpaired) electrons. The molecule has 0 saturated carbocycles. The van der Waals surface area contributed by atoms with Gasteiger partial charge in [-0.3, -0.25) is 4.98 Å². The van der Waals surface area contributed by atoms with Gasteiger partial charge < -0.3 is 4.74 Å². The van der Waals surface area contributed by atoms with Gasteiger partial charge >= 0.3 is 0 Å². The van der Waals surface area contributed by atoms with Crippen LogP contribution < -0.4 is 4.74 Å². The number of pyridine rings is 1. The molecule has 4 aromatic rings. The van der Waals surface area contributed by atoms with Crippen LogP contribution in [-0.4, -0.2) is 24.8 Å². The molecule has 23 heavy (non-hydrogen) atoms. The lowest BCUT2D eigenvalue weighted by atomic mass is 10.2. The van der Waals surface area contributed by atoms with Gasteiger partial charge in [-0.05, 0) is 18.2 Å². The number of rotatable bonds is 4. The fourth-order valence-corrected chi connectivity index (χ4v) is 2.85. The maximum absolute atomic E-state index is 13.9. The van der Waals surface area contributed by atoms with Crippen LogP contribution in [0, 0.1) is 5.82 Å². The molecule has 0 aliphatic carbocycles. The second-order valence-electron chi connectivity index (χ2n) is 4.67. The van der Waals surface area contributed by atoms with Crippen LogP contribution in [0.4, 0.5) is 4.39 Å². The molecule has 1 aromatic carbocycles. The van der Waals surface area contributed by atoms with Gasteiger partial charge in [-0.2, -0.15) is 9.61 Å². The van der Waals surface area contributed by atoms with E-state index in [0.29, 0.717) is 23.0 Å². The number of hydrogen-bond acceptors (Lipinski definition) is 6. The third-order valence-corrected chi connectivity index (χ3v) is 4.02. The summed E-state index contributed by atoms with van der Waals surface area (Å²) in [6.07, 6.45) is 2.65. The van der Waals surface area contributed by atoms with E-state index in [9.17, 15) is 4.39 Å². The van der Waals surface area contributed by atoms with Crippen molar-refractivity contribution in [3.8, 4) is 17.1 Å². The van der Waals surface area contributed by atoms with Gasteiger partial charge in [0.15, 0.2) is 16.6 Å². The van der Waals surface area contributed by atoms with E-state index in [1.165, 1.54) is 22.0 Å². The summed E-state index contributed by atoms with van der Waals surface area (Å²) in [6.45, 7) is 0.316. The van der Waals surface area contributed by atoms with Crippen molar-refractivity contribution in [3.63, 3.8) is 0 Å². The van der Waals surface area contributed by atoms with Gasteiger partial charge in [0, 0.05) is 6.20 Å². The minimum Gasteiger partial charge on any atom is -0.486 e. The molecule has 114 valence electrons. The largest absolute Gasteiger partial charge is 0.486 e. The van der Waals surface area contributed by atoms with Crippen LogP contribution in [0.15, 0.2) is 48.8 Å². The summed E-state index contributed by atoms with van der Waals surface area (Å²) in [5, 5.41) is 13.2. The Bertz CT molecular complexity index is 953. The maximum Gasteiger partial charge on any atom is 0.235 e. The lowest BCUT2D eigenvalue weighted by Gasteiger charge is -2.02. The number of ether oxygens (including phenoxy) is 1. The highest BCUT2D eigenvalue weighted by atomic mass is 32.1. The van der Waals surface area contributed by atoms with Crippen LogP contribution in [0.3, 0.4) is 0 Å². The number of nitrogens with zero attached hydrogens (tertiary/aromatic N) is 5. The van der Waals surface area contributed by atoms with Gasteiger partial charge in [-0.15, -0.1) is 10.2 Å². The summed E-state index contributed by atoms with van der Waals surface area (Å²) in [5.74, 6) is 0.651. The van der Waals surface area contributed by atoms with E-state index in [1.807, 2.05) is 30.3 Å². The van der Waals surface area contributed by atoms with E-state index in [-0.39, 0.29) is 0 Å². The molecule has 0 aliphatic heterocycles. The molecule has 0 amide bonds. The smallest absolute Gasteiger partial charge is 0.235 e. The highest BCUT2D eigenvalue weighted by molar-refractivity contribution is 7.16. The summed E-state index contributed by atoms with van der Waals surface area (Å²) in [4.78, 5) is 4.32. The summed E-state index contributed by atoms with van der Waals surface area (Å²) >= 11 is 1.35. The minimum absolute atomic E-state index is 0.313. The van der Waals surface area contributed by atoms with Crippen molar-refractivity contribution in [2.24, 2.45) is 0 Å². The van der Waals surface area contributed by atoms with Gasteiger partial charge in [0.05, 0.1) is 11.8 Å². The van der Waals surface area contributed by atoms with Crippen molar-refractivity contribution in [1.82, 2.24) is 24.8 Å². The second kappa shape index (κ2) is 5.73. The average molecular weight is 327 g/mol. The van der Waals surface area contributed by atoms with E-state index in [1.54, 1.807) is 6.07 Å². The van der Waals surface area contributed by atoms with Crippen LogP contribution in [0.1, 0.15) is 5.01 Å². The van der Waals surface area contributed by atoms with Crippen LogP contribution in [0.25, 0.3) is 16.3 Å². The first kappa shape index (κ1) is 13.8. The normalized spacial score (nSPS) is 11.0. The van der Waals surface area contributed by atoms with E-state index >= 15 is 0 Å². The van der Waals surface area contributed by atoms with Gasteiger partial charge in [-0.25, -0.2) is 4.39 Å². The highest BCUT2D eigenvalue weighted by Crippen LogP contribution is 2.23. The third kappa shape index (κ3) is 2.64. The SMILES string of the molecule is Fc1cnccc1-c1nnc2sc(COc3ccccc3)nn12. The molecule has 0 fully saturated rings. The first-order valence-corrected chi connectivity index (χ1v) is 7.62. The van der Waals surface area contributed by atoms with Crippen molar-refractivity contribution in [1.29, 1.82) is 0 Å². The lowest BCUT2D eigenvalue weighted by Crippen LogP contribution is -1.98. The predicted molar refractivity (Wildman–Crippen MR) is 82.6 cm³/mol. The summed E-state index contributed by atoms with van der Waals surface area (Å²) in [6, 6.07) is 11.0. The number of aromatic nitrogens is 5. The standard InChI is InChI=1S/C15H10FN5OS/c16-12-8-17-7-6-11(12)14-18-19-15-21(14)20-13(23-15)9-22-10-4-2-1-3-5-10/h1-8H,9H2. The first-order valence-electron chi connectivity index (χ1n) is 6.80. The zero-order valence-electron chi connectivity index (χ0n) is 11.8. The molecular weight excluding hydrogens is 317 g/mol. The van der Waals surface area contributed by atoms with Crippen molar-refractivity contribution in [2.45, 2.75) is 6.61 Å². The summed E-state index contributed by atoms with van der Waals surface area (Å²) < 4.78 is 21.0. The molecule has 0 atom stereocenters. The first-order chi connectivity index (χ1) is 11.3. The number of benzene rings is 1. The topological polar surface area (TPSA) is 65.2 Å². The van der Waals surface area contributed by atoms with Gasteiger partial charge in [-0.1, -0.05) is 29.5 Å². The lowest BCUT2D eigenvalue weighted by molar-refractivity contribution is 0.304. The molecule has 3 aromatic heterocycles. The quantitative estimate of drug-likeness (QED) is 0.576. The van der Waals surface area contributed by atoms with Crippen LogP contribution in [-0.2, 0) is 6.61 Å².